The Labute approximate surface area is 108 Å². The van der Waals surface area contributed by atoms with Crippen LogP contribution in [0.4, 0.5) is 0 Å². The molecule has 0 aromatic carbocycles. The lowest BCUT2D eigenvalue weighted by Gasteiger charge is -2.24. The summed E-state index contributed by atoms with van der Waals surface area (Å²) in [5, 5.41) is 8.94. The number of amides is 2. The van der Waals surface area contributed by atoms with Gasteiger partial charge in [-0.1, -0.05) is 0 Å². The lowest BCUT2D eigenvalue weighted by molar-refractivity contribution is -0.130. The van der Waals surface area contributed by atoms with Crippen LogP contribution in [0.3, 0.4) is 0 Å². The highest BCUT2D eigenvalue weighted by Gasteiger charge is 2.23. The van der Waals surface area contributed by atoms with Gasteiger partial charge in [0.25, 0.3) is 0 Å². The van der Waals surface area contributed by atoms with E-state index in [1.807, 2.05) is 0 Å². The van der Waals surface area contributed by atoms with Gasteiger partial charge in [0.05, 0.1) is 0 Å². The number of rotatable bonds is 4. The fourth-order valence-corrected chi connectivity index (χ4v) is 2.68. The Morgan fingerprint density at radius 1 is 1.22 bits per heavy atom. The van der Waals surface area contributed by atoms with Gasteiger partial charge in [-0.2, -0.15) is 0 Å². The summed E-state index contributed by atoms with van der Waals surface area (Å²) < 4.78 is 0. The Kier molecular flexibility index (Phi) is 4.99. The first-order valence-electron chi connectivity index (χ1n) is 7.03. The van der Waals surface area contributed by atoms with Crippen molar-refractivity contribution in [3.8, 4) is 0 Å². The fraction of sp³-hybridized carbons (Fsp3) is 0.846. The maximum atomic E-state index is 11.8. The van der Waals surface area contributed by atoms with Crippen LogP contribution < -0.4 is 16.0 Å². The van der Waals surface area contributed by atoms with Crippen molar-refractivity contribution in [1.82, 2.24) is 16.0 Å². The van der Waals surface area contributed by atoms with Crippen molar-refractivity contribution in [2.75, 3.05) is 19.6 Å². The second-order valence-corrected chi connectivity index (χ2v) is 5.29. The Hall–Kier alpha value is -1.10. The van der Waals surface area contributed by atoms with E-state index in [4.69, 9.17) is 0 Å². The summed E-state index contributed by atoms with van der Waals surface area (Å²) in [6, 6.07) is -0.306. The zero-order valence-electron chi connectivity index (χ0n) is 10.8. The number of carbonyl (C=O) groups excluding carboxylic acids is 2. The Morgan fingerprint density at radius 2 is 2.00 bits per heavy atom. The minimum atomic E-state index is -0.306. The molecule has 2 aliphatic rings. The van der Waals surface area contributed by atoms with Crippen molar-refractivity contribution < 1.29 is 9.59 Å². The molecule has 3 N–H and O–H groups in total. The number of nitrogens with one attached hydrogen (secondary N) is 3. The van der Waals surface area contributed by atoms with Crippen LogP contribution in [0.5, 0.6) is 0 Å². The maximum absolute atomic E-state index is 11.8. The number of piperidine rings is 2. The third-order valence-electron chi connectivity index (χ3n) is 3.86. The first-order chi connectivity index (χ1) is 8.75. The highest BCUT2D eigenvalue weighted by Crippen LogP contribution is 2.17. The van der Waals surface area contributed by atoms with E-state index in [0.717, 1.165) is 51.7 Å². The molecule has 2 amide bonds. The molecule has 2 rings (SSSR count). The summed E-state index contributed by atoms with van der Waals surface area (Å²) in [5.74, 6) is 0.657. The molecule has 2 saturated heterocycles. The summed E-state index contributed by atoms with van der Waals surface area (Å²) >= 11 is 0. The Balaban J connectivity index is 1.66. The van der Waals surface area contributed by atoms with Gasteiger partial charge < -0.3 is 16.0 Å². The molecule has 1 unspecified atom stereocenters. The van der Waals surface area contributed by atoms with Crippen LogP contribution >= 0.6 is 0 Å². The molecular weight excluding hydrogens is 230 g/mol. The van der Waals surface area contributed by atoms with Crippen molar-refractivity contribution in [2.24, 2.45) is 5.92 Å². The van der Waals surface area contributed by atoms with Crippen LogP contribution in [0.1, 0.15) is 38.5 Å². The molecule has 2 heterocycles. The normalized spacial score (nSPS) is 25.6. The van der Waals surface area contributed by atoms with E-state index in [9.17, 15) is 9.59 Å². The zero-order chi connectivity index (χ0) is 12.8. The van der Waals surface area contributed by atoms with Crippen molar-refractivity contribution >= 4 is 11.8 Å². The van der Waals surface area contributed by atoms with Crippen molar-refractivity contribution in [1.29, 1.82) is 0 Å². The van der Waals surface area contributed by atoms with Gasteiger partial charge in [0, 0.05) is 13.0 Å². The summed E-state index contributed by atoms with van der Waals surface area (Å²) in [6.45, 7) is 2.87. The quantitative estimate of drug-likeness (QED) is 0.668. The third kappa shape index (κ3) is 3.98. The molecule has 0 radical (unpaired) electrons. The molecule has 0 aliphatic carbocycles. The zero-order valence-corrected chi connectivity index (χ0v) is 10.8. The predicted molar refractivity (Wildman–Crippen MR) is 69.0 cm³/mol. The van der Waals surface area contributed by atoms with Gasteiger partial charge in [-0.25, -0.2) is 0 Å². The van der Waals surface area contributed by atoms with Gasteiger partial charge in [0.1, 0.15) is 6.04 Å². The topological polar surface area (TPSA) is 70.2 Å². The van der Waals surface area contributed by atoms with Gasteiger partial charge in [-0.05, 0) is 51.1 Å². The van der Waals surface area contributed by atoms with Crippen LogP contribution in [0.2, 0.25) is 0 Å². The van der Waals surface area contributed by atoms with Crippen molar-refractivity contribution in [3.63, 3.8) is 0 Å². The summed E-state index contributed by atoms with van der Waals surface area (Å²) in [6.07, 6.45) is 5.54. The van der Waals surface area contributed by atoms with Crippen LogP contribution in [-0.2, 0) is 9.59 Å². The van der Waals surface area contributed by atoms with Gasteiger partial charge in [-0.15, -0.1) is 0 Å². The average molecular weight is 253 g/mol. The molecule has 0 saturated carbocycles. The number of hydrogen-bond donors (Lipinski definition) is 3. The first kappa shape index (κ1) is 13.3. The van der Waals surface area contributed by atoms with Crippen molar-refractivity contribution in [2.45, 2.75) is 44.6 Å². The predicted octanol–water partition coefficient (Wildman–Crippen LogP) is 0.161. The van der Waals surface area contributed by atoms with Gasteiger partial charge in [0.15, 0.2) is 0 Å². The smallest absolute Gasteiger partial charge is 0.242 e. The number of carbonyl (C=O) groups is 2. The minimum absolute atomic E-state index is 0.0237. The molecule has 2 fully saturated rings. The van der Waals surface area contributed by atoms with E-state index in [1.54, 1.807) is 0 Å². The largest absolute Gasteiger partial charge is 0.354 e. The van der Waals surface area contributed by atoms with E-state index >= 15 is 0 Å². The van der Waals surface area contributed by atoms with E-state index in [1.165, 1.54) is 0 Å². The Morgan fingerprint density at radius 3 is 2.72 bits per heavy atom. The van der Waals surface area contributed by atoms with E-state index in [2.05, 4.69) is 16.0 Å². The van der Waals surface area contributed by atoms with Crippen LogP contribution in [0.15, 0.2) is 0 Å². The average Bonchev–Trinajstić information content (AvgIpc) is 2.40. The highest BCUT2D eigenvalue weighted by molar-refractivity contribution is 5.88. The molecule has 102 valence electrons. The standard InChI is InChI=1S/C13H23N3O2/c17-12(4-3-10-5-8-14-9-6-10)16-11-2-1-7-15-13(11)18/h10-11,14H,1-9H2,(H,15,18)(H,16,17). The van der Waals surface area contributed by atoms with Crippen LogP contribution in [0, 0.1) is 5.92 Å². The molecule has 0 aromatic heterocycles. The summed E-state index contributed by atoms with van der Waals surface area (Å²) in [7, 11) is 0. The molecular formula is C13H23N3O2. The Bertz CT molecular complexity index is 301. The molecule has 2 aliphatic heterocycles. The molecule has 0 aromatic rings. The molecule has 1 atom stereocenters. The number of hydrogen-bond acceptors (Lipinski definition) is 3. The van der Waals surface area contributed by atoms with E-state index < -0.39 is 0 Å². The van der Waals surface area contributed by atoms with Gasteiger partial charge in [0.2, 0.25) is 11.8 Å². The maximum Gasteiger partial charge on any atom is 0.242 e. The first-order valence-corrected chi connectivity index (χ1v) is 7.03. The van der Waals surface area contributed by atoms with E-state index in [-0.39, 0.29) is 17.9 Å². The van der Waals surface area contributed by atoms with E-state index in [0.29, 0.717) is 12.3 Å². The van der Waals surface area contributed by atoms with Crippen LogP contribution in [-0.4, -0.2) is 37.5 Å². The second kappa shape index (κ2) is 6.73. The fourth-order valence-electron chi connectivity index (χ4n) is 2.68. The van der Waals surface area contributed by atoms with Gasteiger partial charge in [-0.3, -0.25) is 9.59 Å². The SMILES string of the molecule is O=C(CCC1CCNCC1)NC1CCCNC1=O. The monoisotopic (exact) mass is 253 g/mol. The van der Waals surface area contributed by atoms with Crippen molar-refractivity contribution in [3.05, 3.63) is 0 Å². The lowest BCUT2D eigenvalue weighted by Crippen LogP contribution is -2.50. The van der Waals surface area contributed by atoms with Gasteiger partial charge >= 0.3 is 0 Å². The summed E-state index contributed by atoms with van der Waals surface area (Å²) in [4.78, 5) is 23.3. The lowest BCUT2D eigenvalue weighted by atomic mass is 9.93. The molecule has 0 bridgehead atoms. The molecule has 5 nitrogen and oxygen atoms in total. The molecule has 0 spiro atoms. The second-order valence-electron chi connectivity index (χ2n) is 5.29. The summed E-state index contributed by atoms with van der Waals surface area (Å²) in [5.41, 5.74) is 0. The minimum Gasteiger partial charge on any atom is -0.354 e. The molecule has 5 heteroatoms. The molecule has 18 heavy (non-hydrogen) atoms. The highest BCUT2D eigenvalue weighted by atomic mass is 16.2. The van der Waals surface area contributed by atoms with Crippen LogP contribution in [0.25, 0.3) is 0 Å². The third-order valence-corrected chi connectivity index (χ3v) is 3.86.